The van der Waals surface area contributed by atoms with Crippen LogP contribution in [0, 0.1) is 0 Å². The molecule has 18 heavy (non-hydrogen) atoms. The van der Waals surface area contributed by atoms with Crippen molar-refractivity contribution in [1.29, 1.82) is 0 Å². The van der Waals surface area contributed by atoms with Crippen LogP contribution in [0.15, 0.2) is 34.8 Å². The van der Waals surface area contributed by atoms with Crippen LogP contribution in [0.3, 0.4) is 0 Å². The maximum Gasteiger partial charge on any atom is 0.129 e. The molecule has 0 fully saturated rings. The van der Waals surface area contributed by atoms with Crippen molar-refractivity contribution in [2.24, 2.45) is 0 Å². The zero-order valence-corrected chi connectivity index (χ0v) is 12.6. The van der Waals surface area contributed by atoms with E-state index >= 15 is 0 Å². The molecule has 0 saturated carbocycles. The molecule has 2 rings (SSSR count). The van der Waals surface area contributed by atoms with Gasteiger partial charge >= 0.3 is 0 Å². The van der Waals surface area contributed by atoms with E-state index in [4.69, 9.17) is 4.98 Å². The van der Waals surface area contributed by atoms with E-state index in [1.807, 2.05) is 6.07 Å². The second-order valence-corrected chi connectivity index (χ2v) is 5.41. The first kappa shape index (κ1) is 13.3. The summed E-state index contributed by atoms with van der Waals surface area (Å²) in [5, 5.41) is 1.18. The highest BCUT2D eigenvalue weighted by molar-refractivity contribution is 9.10. The van der Waals surface area contributed by atoms with Gasteiger partial charge in [0.2, 0.25) is 0 Å². The molecule has 0 radical (unpaired) electrons. The number of fused-ring (bicyclic) bond motifs is 1. The molecule has 3 heteroatoms. The summed E-state index contributed by atoms with van der Waals surface area (Å²) in [6.07, 6.45) is 2.31. The summed E-state index contributed by atoms with van der Waals surface area (Å²) in [5.41, 5.74) is 1.06. The van der Waals surface area contributed by atoms with E-state index in [2.05, 4.69) is 58.9 Å². The van der Waals surface area contributed by atoms with Gasteiger partial charge in [-0.1, -0.05) is 29.8 Å². The van der Waals surface area contributed by atoms with Gasteiger partial charge in [-0.3, -0.25) is 0 Å². The minimum atomic E-state index is 1.06. The third kappa shape index (κ3) is 3.02. The van der Waals surface area contributed by atoms with Crippen molar-refractivity contribution in [2.75, 3.05) is 18.0 Å². The molecular weight excluding hydrogens is 288 g/mol. The highest BCUT2D eigenvalue weighted by atomic mass is 79.9. The number of benzene rings is 1. The van der Waals surface area contributed by atoms with Crippen LogP contribution in [0.1, 0.15) is 26.7 Å². The third-order valence-corrected chi connectivity index (χ3v) is 3.44. The SMILES string of the molecule is CCCN(CCC)c1ccc2cc(Br)ccc2n1. The summed E-state index contributed by atoms with van der Waals surface area (Å²) in [5.74, 6) is 1.09. The summed E-state index contributed by atoms with van der Waals surface area (Å²) in [4.78, 5) is 7.12. The average Bonchev–Trinajstić information content (AvgIpc) is 2.38. The fraction of sp³-hybridized carbons (Fsp3) is 0.400. The van der Waals surface area contributed by atoms with Crippen molar-refractivity contribution >= 4 is 32.7 Å². The van der Waals surface area contributed by atoms with Crippen LogP contribution in [0.2, 0.25) is 0 Å². The summed E-state index contributed by atoms with van der Waals surface area (Å²) < 4.78 is 1.10. The Labute approximate surface area is 117 Å². The molecule has 0 bridgehead atoms. The second-order valence-electron chi connectivity index (χ2n) is 4.49. The molecule has 1 aromatic carbocycles. The van der Waals surface area contributed by atoms with E-state index in [1.165, 1.54) is 5.39 Å². The molecule has 1 aromatic heterocycles. The Morgan fingerprint density at radius 2 is 1.78 bits per heavy atom. The van der Waals surface area contributed by atoms with Gasteiger partial charge in [0.15, 0.2) is 0 Å². The van der Waals surface area contributed by atoms with Gasteiger partial charge in [-0.05, 0) is 43.2 Å². The predicted octanol–water partition coefficient (Wildman–Crippen LogP) is 4.62. The van der Waals surface area contributed by atoms with Crippen LogP contribution >= 0.6 is 15.9 Å². The van der Waals surface area contributed by atoms with E-state index in [0.29, 0.717) is 0 Å². The lowest BCUT2D eigenvalue weighted by Crippen LogP contribution is -2.25. The molecule has 2 aromatic rings. The Bertz CT molecular complexity index is 519. The van der Waals surface area contributed by atoms with E-state index in [9.17, 15) is 0 Å². The molecule has 1 heterocycles. The standard InChI is InChI=1S/C15H19BrN2/c1-3-9-18(10-4-2)15-8-5-12-11-13(16)6-7-14(12)17-15/h5-8,11H,3-4,9-10H2,1-2H3. The first-order chi connectivity index (χ1) is 8.74. The van der Waals surface area contributed by atoms with Gasteiger partial charge in [-0.2, -0.15) is 0 Å². The van der Waals surface area contributed by atoms with Gasteiger partial charge < -0.3 is 4.90 Å². The number of hydrogen-bond acceptors (Lipinski definition) is 2. The maximum absolute atomic E-state index is 4.76. The normalized spacial score (nSPS) is 10.8. The molecule has 0 saturated heterocycles. The van der Waals surface area contributed by atoms with Crippen molar-refractivity contribution in [3.63, 3.8) is 0 Å². The fourth-order valence-corrected chi connectivity index (χ4v) is 2.52. The molecular formula is C15H19BrN2. The quantitative estimate of drug-likeness (QED) is 0.801. The van der Waals surface area contributed by atoms with Crippen LogP contribution in [0.25, 0.3) is 10.9 Å². The summed E-state index contributed by atoms with van der Waals surface area (Å²) in [6, 6.07) is 10.5. The van der Waals surface area contributed by atoms with E-state index < -0.39 is 0 Å². The van der Waals surface area contributed by atoms with E-state index in [1.54, 1.807) is 0 Å². The highest BCUT2D eigenvalue weighted by Gasteiger charge is 2.06. The lowest BCUT2D eigenvalue weighted by molar-refractivity contribution is 0.736. The number of halogens is 1. The van der Waals surface area contributed by atoms with Crippen molar-refractivity contribution < 1.29 is 0 Å². The molecule has 0 N–H and O–H groups in total. The number of hydrogen-bond donors (Lipinski definition) is 0. The van der Waals surface area contributed by atoms with Gasteiger partial charge in [0.05, 0.1) is 5.52 Å². The smallest absolute Gasteiger partial charge is 0.129 e. The lowest BCUT2D eigenvalue weighted by Gasteiger charge is -2.22. The molecule has 0 atom stereocenters. The minimum Gasteiger partial charge on any atom is -0.357 e. The molecule has 0 aliphatic rings. The molecule has 0 aliphatic carbocycles. The Hall–Kier alpha value is -1.09. The number of aromatic nitrogens is 1. The lowest BCUT2D eigenvalue weighted by atomic mass is 10.2. The maximum atomic E-state index is 4.76. The fourth-order valence-electron chi connectivity index (χ4n) is 2.14. The molecule has 0 aliphatic heterocycles. The number of rotatable bonds is 5. The molecule has 0 unspecified atom stereocenters. The van der Waals surface area contributed by atoms with Crippen molar-refractivity contribution in [3.05, 3.63) is 34.8 Å². The molecule has 96 valence electrons. The molecule has 0 amide bonds. The van der Waals surface area contributed by atoms with Gasteiger partial charge in [-0.25, -0.2) is 4.98 Å². The zero-order valence-electron chi connectivity index (χ0n) is 11.0. The van der Waals surface area contributed by atoms with Gasteiger partial charge in [-0.15, -0.1) is 0 Å². The second kappa shape index (κ2) is 6.19. The summed E-state index contributed by atoms with van der Waals surface area (Å²) in [6.45, 7) is 6.56. The Kier molecular flexibility index (Phi) is 4.59. The Balaban J connectivity index is 2.35. The minimum absolute atomic E-state index is 1.06. The van der Waals surface area contributed by atoms with Crippen LogP contribution in [0.4, 0.5) is 5.82 Å². The third-order valence-electron chi connectivity index (χ3n) is 2.95. The van der Waals surface area contributed by atoms with Crippen LogP contribution < -0.4 is 4.90 Å². The number of nitrogens with zero attached hydrogens (tertiary/aromatic N) is 2. The Morgan fingerprint density at radius 3 is 2.44 bits per heavy atom. The van der Waals surface area contributed by atoms with E-state index in [0.717, 1.165) is 41.7 Å². The average molecular weight is 307 g/mol. The zero-order chi connectivity index (χ0) is 13.0. The van der Waals surface area contributed by atoms with Gasteiger partial charge in [0.25, 0.3) is 0 Å². The van der Waals surface area contributed by atoms with Crippen molar-refractivity contribution in [3.8, 4) is 0 Å². The van der Waals surface area contributed by atoms with Gasteiger partial charge in [0.1, 0.15) is 5.82 Å². The van der Waals surface area contributed by atoms with Crippen LogP contribution in [-0.4, -0.2) is 18.1 Å². The monoisotopic (exact) mass is 306 g/mol. The molecule has 2 nitrogen and oxygen atoms in total. The predicted molar refractivity (Wildman–Crippen MR) is 82.2 cm³/mol. The largest absolute Gasteiger partial charge is 0.357 e. The van der Waals surface area contributed by atoms with Crippen molar-refractivity contribution in [1.82, 2.24) is 4.98 Å². The number of anilines is 1. The van der Waals surface area contributed by atoms with Gasteiger partial charge in [0, 0.05) is 22.9 Å². The topological polar surface area (TPSA) is 16.1 Å². The van der Waals surface area contributed by atoms with Crippen molar-refractivity contribution in [2.45, 2.75) is 26.7 Å². The number of pyridine rings is 1. The van der Waals surface area contributed by atoms with E-state index in [-0.39, 0.29) is 0 Å². The first-order valence-corrected chi connectivity index (χ1v) is 7.35. The van der Waals surface area contributed by atoms with Crippen LogP contribution in [-0.2, 0) is 0 Å². The Morgan fingerprint density at radius 1 is 1.06 bits per heavy atom. The highest BCUT2D eigenvalue weighted by Crippen LogP contribution is 2.22. The summed E-state index contributed by atoms with van der Waals surface area (Å²) in [7, 11) is 0. The van der Waals surface area contributed by atoms with Crippen LogP contribution in [0.5, 0.6) is 0 Å². The first-order valence-electron chi connectivity index (χ1n) is 6.56. The molecule has 0 spiro atoms. The summed E-state index contributed by atoms with van der Waals surface area (Å²) >= 11 is 3.49.